The summed E-state index contributed by atoms with van der Waals surface area (Å²) in [5, 5.41) is 3.66. The van der Waals surface area contributed by atoms with Crippen LogP contribution in [0.5, 0.6) is 0 Å². The van der Waals surface area contributed by atoms with Gasteiger partial charge in [0, 0.05) is 19.8 Å². The fourth-order valence-corrected chi connectivity index (χ4v) is 1.87. The molecule has 1 unspecified atom stereocenters. The Morgan fingerprint density at radius 2 is 2.50 bits per heavy atom. The SMILES string of the molecule is Nc1ncc(Cl)c(NCCC2CCOC2)n1. The average Bonchev–Trinajstić information content (AvgIpc) is 2.76. The molecule has 2 rings (SSSR count). The maximum Gasteiger partial charge on any atom is 0.222 e. The fourth-order valence-electron chi connectivity index (χ4n) is 1.71. The summed E-state index contributed by atoms with van der Waals surface area (Å²) in [6.45, 7) is 2.57. The van der Waals surface area contributed by atoms with Crippen molar-refractivity contribution in [1.82, 2.24) is 9.97 Å². The summed E-state index contributed by atoms with van der Waals surface area (Å²) in [6.07, 6.45) is 3.70. The number of aromatic nitrogens is 2. The summed E-state index contributed by atoms with van der Waals surface area (Å²) < 4.78 is 5.30. The molecule has 5 nitrogen and oxygen atoms in total. The van der Waals surface area contributed by atoms with Crippen LogP contribution in [-0.4, -0.2) is 29.7 Å². The van der Waals surface area contributed by atoms with Crippen molar-refractivity contribution in [2.24, 2.45) is 5.92 Å². The van der Waals surface area contributed by atoms with Crippen molar-refractivity contribution in [2.45, 2.75) is 12.8 Å². The summed E-state index contributed by atoms with van der Waals surface area (Å²) >= 11 is 5.92. The lowest BCUT2D eigenvalue weighted by Gasteiger charge is -2.10. The van der Waals surface area contributed by atoms with E-state index in [2.05, 4.69) is 15.3 Å². The third-order valence-corrected chi connectivity index (χ3v) is 2.91. The molecule has 0 radical (unpaired) electrons. The van der Waals surface area contributed by atoms with E-state index in [1.807, 2.05) is 0 Å². The van der Waals surface area contributed by atoms with E-state index in [-0.39, 0.29) is 5.95 Å². The second-order valence-corrected chi connectivity index (χ2v) is 4.28. The number of nitrogen functional groups attached to an aromatic ring is 1. The van der Waals surface area contributed by atoms with Gasteiger partial charge in [0.2, 0.25) is 5.95 Å². The first-order valence-corrected chi connectivity index (χ1v) is 5.73. The minimum atomic E-state index is 0.232. The summed E-state index contributed by atoms with van der Waals surface area (Å²) in [6, 6.07) is 0. The third-order valence-electron chi connectivity index (χ3n) is 2.63. The van der Waals surface area contributed by atoms with Crippen molar-refractivity contribution in [1.29, 1.82) is 0 Å². The van der Waals surface area contributed by atoms with Crippen LogP contribution >= 0.6 is 11.6 Å². The number of nitrogens with two attached hydrogens (primary N) is 1. The Kier molecular flexibility index (Phi) is 3.79. The number of rotatable bonds is 4. The summed E-state index contributed by atoms with van der Waals surface area (Å²) in [5.41, 5.74) is 5.48. The normalized spacial score (nSPS) is 19.9. The maximum atomic E-state index is 5.92. The zero-order chi connectivity index (χ0) is 11.4. The first-order chi connectivity index (χ1) is 7.75. The third kappa shape index (κ3) is 2.96. The van der Waals surface area contributed by atoms with E-state index in [1.165, 1.54) is 6.20 Å². The molecule has 1 fully saturated rings. The van der Waals surface area contributed by atoms with Gasteiger partial charge in [0.25, 0.3) is 0 Å². The molecule has 3 N–H and O–H groups in total. The molecular weight excluding hydrogens is 228 g/mol. The molecule has 0 aliphatic carbocycles. The maximum absolute atomic E-state index is 5.92. The van der Waals surface area contributed by atoms with Gasteiger partial charge in [-0.05, 0) is 18.8 Å². The second-order valence-electron chi connectivity index (χ2n) is 3.87. The molecule has 0 saturated carbocycles. The molecule has 6 heteroatoms. The van der Waals surface area contributed by atoms with Crippen LogP contribution < -0.4 is 11.1 Å². The van der Waals surface area contributed by atoms with Gasteiger partial charge in [-0.15, -0.1) is 0 Å². The Labute approximate surface area is 99.4 Å². The van der Waals surface area contributed by atoms with Crippen molar-refractivity contribution in [3.05, 3.63) is 11.2 Å². The summed E-state index contributed by atoms with van der Waals surface area (Å²) in [7, 11) is 0. The van der Waals surface area contributed by atoms with Crippen molar-refractivity contribution in [3.63, 3.8) is 0 Å². The van der Waals surface area contributed by atoms with E-state index in [4.69, 9.17) is 22.1 Å². The van der Waals surface area contributed by atoms with Crippen LogP contribution in [0.3, 0.4) is 0 Å². The fraction of sp³-hybridized carbons (Fsp3) is 0.600. The Morgan fingerprint density at radius 3 is 3.25 bits per heavy atom. The second kappa shape index (κ2) is 5.32. The Morgan fingerprint density at radius 1 is 1.62 bits per heavy atom. The van der Waals surface area contributed by atoms with Gasteiger partial charge >= 0.3 is 0 Å². The van der Waals surface area contributed by atoms with Crippen LogP contribution in [0, 0.1) is 5.92 Å². The molecule has 1 saturated heterocycles. The average molecular weight is 243 g/mol. The smallest absolute Gasteiger partial charge is 0.222 e. The van der Waals surface area contributed by atoms with Gasteiger partial charge in [0.1, 0.15) is 10.8 Å². The molecule has 0 aromatic carbocycles. The zero-order valence-electron chi connectivity index (χ0n) is 8.95. The van der Waals surface area contributed by atoms with E-state index in [1.54, 1.807) is 0 Å². The number of nitrogens with zero attached hydrogens (tertiary/aromatic N) is 2. The molecular formula is C10H15ClN4O. The molecule has 16 heavy (non-hydrogen) atoms. The topological polar surface area (TPSA) is 73.1 Å². The molecule has 88 valence electrons. The van der Waals surface area contributed by atoms with Crippen LogP contribution in [0.25, 0.3) is 0 Å². The highest BCUT2D eigenvalue weighted by molar-refractivity contribution is 6.32. The predicted molar refractivity (Wildman–Crippen MR) is 63.5 cm³/mol. The van der Waals surface area contributed by atoms with E-state index >= 15 is 0 Å². The van der Waals surface area contributed by atoms with E-state index < -0.39 is 0 Å². The zero-order valence-corrected chi connectivity index (χ0v) is 9.70. The minimum Gasteiger partial charge on any atom is -0.381 e. The quantitative estimate of drug-likeness (QED) is 0.838. The number of hydrogen-bond donors (Lipinski definition) is 2. The van der Waals surface area contributed by atoms with Gasteiger partial charge in [-0.2, -0.15) is 4.98 Å². The van der Waals surface area contributed by atoms with Crippen LogP contribution in [0.15, 0.2) is 6.20 Å². The van der Waals surface area contributed by atoms with Crippen LogP contribution in [0.4, 0.5) is 11.8 Å². The number of ether oxygens (including phenoxy) is 1. The standard InChI is InChI=1S/C10H15ClN4O/c11-8-5-14-10(12)15-9(8)13-3-1-7-2-4-16-6-7/h5,7H,1-4,6H2,(H3,12,13,14,15). The van der Waals surface area contributed by atoms with Crippen molar-refractivity contribution in [3.8, 4) is 0 Å². The highest BCUT2D eigenvalue weighted by Gasteiger charge is 2.15. The van der Waals surface area contributed by atoms with Crippen molar-refractivity contribution < 1.29 is 4.74 Å². The lowest BCUT2D eigenvalue weighted by molar-refractivity contribution is 0.185. The molecule has 1 aromatic rings. The van der Waals surface area contributed by atoms with Crippen molar-refractivity contribution >= 4 is 23.4 Å². The molecule has 1 aromatic heterocycles. The van der Waals surface area contributed by atoms with Gasteiger partial charge in [-0.3, -0.25) is 0 Å². The van der Waals surface area contributed by atoms with Crippen LogP contribution in [-0.2, 0) is 4.74 Å². The van der Waals surface area contributed by atoms with Crippen LogP contribution in [0.2, 0.25) is 5.02 Å². The lowest BCUT2D eigenvalue weighted by Crippen LogP contribution is -2.11. The highest BCUT2D eigenvalue weighted by atomic mass is 35.5. The predicted octanol–water partition coefficient (Wildman–Crippen LogP) is 1.55. The molecule has 1 aliphatic heterocycles. The Bertz CT molecular complexity index is 355. The number of anilines is 2. The van der Waals surface area contributed by atoms with Gasteiger partial charge in [0.15, 0.2) is 0 Å². The monoisotopic (exact) mass is 242 g/mol. The van der Waals surface area contributed by atoms with E-state index in [0.29, 0.717) is 16.8 Å². The van der Waals surface area contributed by atoms with Gasteiger partial charge < -0.3 is 15.8 Å². The Hall–Kier alpha value is -1.07. The first kappa shape index (κ1) is 11.4. The summed E-state index contributed by atoms with van der Waals surface area (Å²) in [5.74, 6) is 1.48. The number of halogens is 1. The first-order valence-electron chi connectivity index (χ1n) is 5.35. The van der Waals surface area contributed by atoms with Gasteiger partial charge in [-0.1, -0.05) is 11.6 Å². The summed E-state index contributed by atoms with van der Waals surface area (Å²) in [4.78, 5) is 7.83. The van der Waals surface area contributed by atoms with Gasteiger partial charge in [0.05, 0.1) is 6.20 Å². The molecule has 1 aliphatic rings. The molecule has 1 atom stereocenters. The number of hydrogen-bond acceptors (Lipinski definition) is 5. The van der Waals surface area contributed by atoms with E-state index in [9.17, 15) is 0 Å². The molecule has 2 heterocycles. The highest BCUT2D eigenvalue weighted by Crippen LogP contribution is 2.20. The largest absolute Gasteiger partial charge is 0.381 e. The molecule has 0 spiro atoms. The Balaban J connectivity index is 1.82. The molecule has 0 bridgehead atoms. The van der Waals surface area contributed by atoms with Gasteiger partial charge in [-0.25, -0.2) is 4.98 Å². The van der Waals surface area contributed by atoms with Crippen molar-refractivity contribution in [2.75, 3.05) is 30.8 Å². The lowest BCUT2D eigenvalue weighted by atomic mass is 10.1. The number of nitrogens with one attached hydrogen (secondary N) is 1. The molecule has 0 amide bonds. The van der Waals surface area contributed by atoms with E-state index in [0.717, 1.165) is 32.6 Å². The minimum absolute atomic E-state index is 0.232. The van der Waals surface area contributed by atoms with Crippen LogP contribution in [0.1, 0.15) is 12.8 Å².